The Labute approximate surface area is 167 Å². The zero-order valence-electron chi connectivity index (χ0n) is 15.1. The molecule has 0 aliphatic heterocycles. The molecule has 0 aromatic heterocycles. The summed E-state index contributed by atoms with van der Waals surface area (Å²) in [4.78, 5) is 25.8. The van der Waals surface area contributed by atoms with Gasteiger partial charge < -0.3 is 19.1 Å². The topological polar surface area (TPSA) is 65.1 Å². The molecule has 8 heteroatoms. The van der Waals surface area contributed by atoms with E-state index in [0.29, 0.717) is 28.1 Å². The Balaban J connectivity index is 1.93. The molecule has 0 heterocycles. The smallest absolute Gasteiger partial charge is 0.338 e. The second-order valence-corrected chi connectivity index (χ2v) is 6.46. The molecule has 0 unspecified atom stereocenters. The predicted octanol–water partition coefficient (Wildman–Crippen LogP) is 3.83. The Morgan fingerprint density at radius 1 is 0.963 bits per heavy atom. The van der Waals surface area contributed by atoms with Crippen LogP contribution >= 0.6 is 23.2 Å². The van der Waals surface area contributed by atoms with Gasteiger partial charge in [-0.15, -0.1) is 0 Å². The summed E-state index contributed by atoms with van der Waals surface area (Å²) in [6.07, 6.45) is 0. The number of hydrogen-bond donors (Lipinski definition) is 0. The SMILES string of the molecule is COc1ccc(C(=O)OCC(=O)N(C)Cc2ccc(Cl)c(Cl)c2)cc1OC. The van der Waals surface area contributed by atoms with Crippen molar-refractivity contribution < 1.29 is 23.8 Å². The largest absolute Gasteiger partial charge is 0.493 e. The van der Waals surface area contributed by atoms with Gasteiger partial charge in [-0.3, -0.25) is 4.79 Å². The highest BCUT2D eigenvalue weighted by molar-refractivity contribution is 6.42. The average Bonchev–Trinajstić information content (AvgIpc) is 2.67. The van der Waals surface area contributed by atoms with Crippen LogP contribution < -0.4 is 9.47 Å². The second-order valence-electron chi connectivity index (χ2n) is 5.64. The molecule has 0 saturated heterocycles. The molecule has 2 aromatic carbocycles. The van der Waals surface area contributed by atoms with E-state index in [1.165, 1.54) is 31.3 Å². The Bertz CT molecular complexity index is 841. The number of rotatable bonds is 7. The van der Waals surface area contributed by atoms with Crippen molar-refractivity contribution >= 4 is 35.1 Å². The summed E-state index contributed by atoms with van der Waals surface area (Å²) >= 11 is 11.8. The third-order valence-electron chi connectivity index (χ3n) is 3.78. The van der Waals surface area contributed by atoms with Gasteiger partial charge in [0.05, 0.1) is 29.8 Å². The van der Waals surface area contributed by atoms with Gasteiger partial charge in [-0.25, -0.2) is 4.79 Å². The van der Waals surface area contributed by atoms with Gasteiger partial charge in [0, 0.05) is 13.6 Å². The molecule has 0 saturated carbocycles. The molecule has 0 aliphatic rings. The lowest BCUT2D eigenvalue weighted by Gasteiger charge is -2.17. The van der Waals surface area contributed by atoms with Crippen LogP contribution in [0.5, 0.6) is 11.5 Å². The summed E-state index contributed by atoms with van der Waals surface area (Å²) in [6.45, 7) is -0.0748. The van der Waals surface area contributed by atoms with Crippen LogP contribution in [-0.4, -0.2) is 44.7 Å². The van der Waals surface area contributed by atoms with E-state index < -0.39 is 5.97 Å². The minimum atomic E-state index is -0.632. The third kappa shape index (κ3) is 5.52. The standard InChI is InChI=1S/C19H19Cl2NO5/c1-22(10-12-4-6-14(20)15(21)8-12)18(23)11-27-19(24)13-5-7-16(25-2)17(9-13)26-3/h4-9H,10-11H2,1-3H3. The molecular weight excluding hydrogens is 393 g/mol. The maximum atomic E-state index is 12.2. The van der Waals surface area contributed by atoms with Gasteiger partial charge in [-0.05, 0) is 35.9 Å². The van der Waals surface area contributed by atoms with Gasteiger partial charge in [-0.1, -0.05) is 29.3 Å². The van der Waals surface area contributed by atoms with Crippen molar-refractivity contribution in [2.45, 2.75) is 6.54 Å². The lowest BCUT2D eigenvalue weighted by Crippen LogP contribution is -2.30. The number of carbonyl (C=O) groups excluding carboxylic acids is 2. The van der Waals surface area contributed by atoms with Crippen LogP contribution in [0.25, 0.3) is 0 Å². The summed E-state index contributed by atoms with van der Waals surface area (Å²) in [5.41, 5.74) is 1.07. The van der Waals surface area contributed by atoms with Crippen molar-refractivity contribution in [2.24, 2.45) is 0 Å². The highest BCUT2D eigenvalue weighted by Gasteiger charge is 2.16. The van der Waals surface area contributed by atoms with E-state index in [0.717, 1.165) is 5.56 Å². The number of hydrogen-bond acceptors (Lipinski definition) is 5. The lowest BCUT2D eigenvalue weighted by molar-refractivity contribution is -0.133. The summed E-state index contributed by atoms with van der Waals surface area (Å²) < 4.78 is 15.4. The molecule has 2 rings (SSSR count). The first kappa shape index (κ1) is 20.9. The quantitative estimate of drug-likeness (QED) is 0.647. The lowest BCUT2D eigenvalue weighted by atomic mass is 10.2. The third-order valence-corrected chi connectivity index (χ3v) is 4.51. The average molecular weight is 412 g/mol. The number of ether oxygens (including phenoxy) is 3. The van der Waals surface area contributed by atoms with Crippen LogP contribution in [0.15, 0.2) is 36.4 Å². The number of amides is 1. The van der Waals surface area contributed by atoms with Crippen LogP contribution in [0.4, 0.5) is 0 Å². The van der Waals surface area contributed by atoms with Crippen LogP contribution in [0.1, 0.15) is 15.9 Å². The first-order chi connectivity index (χ1) is 12.8. The first-order valence-corrected chi connectivity index (χ1v) is 8.68. The molecule has 144 valence electrons. The zero-order chi connectivity index (χ0) is 20.0. The van der Waals surface area contributed by atoms with E-state index in [2.05, 4.69) is 0 Å². The molecule has 6 nitrogen and oxygen atoms in total. The summed E-state index contributed by atoms with van der Waals surface area (Å²) in [6, 6.07) is 9.73. The molecule has 0 bridgehead atoms. The molecule has 0 fully saturated rings. The second kappa shape index (κ2) is 9.48. The molecule has 0 N–H and O–H groups in total. The fraction of sp³-hybridized carbons (Fsp3) is 0.263. The Morgan fingerprint density at radius 3 is 2.30 bits per heavy atom. The van der Waals surface area contributed by atoms with Crippen LogP contribution in [0, 0.1) is 0 Å². The number of halogens is 2. The number of methoxy groups -OCH3 is 2. The summed E-state index contributed by atoms with van der Waals surface area (Å²) in [5, 5.41) is 0.855. The van der Waals surface area contributed by atoms with E-state index in [9.17, 15) is 9.59 Å². The van der Waals surface area contributed by atoms with Gasteiger partial charge in [0.2, 0.25) is 0 Å². The van der Waals surface area contributed by atoms with E-state index >= 15 is 0 Å². The molecule has 0 radical (unpaired) electrons. The van der Waals surface area contributed by atoms with Gasteiger partial charge in [-0.2, -0.15) is 0 Å². The van der Waals surface area contributed by atoms with Gasteiger partial charge in [0.15, 0.2) is 18.1 Å². The molecule has 0 spiro atoms. The summed E-state index contributed by atoms with van der Waals surface area (Å²) in [5.74, 6) is -0.0939. The van der Waals surface area contributed by atoms with E-state index in [4.69, 9.17) is 37.4 Å². The van der Waals surface area contributed by atoms with E-state index in [1.807, 2.05) is 0 Å². The van der Waals surface area contributed by atoms with Crippen LogP contribution in [0.2, 0.25) is 10.0 Å². The fourth-order valence-corrected chi connectivity index (χ4v) is 2.60. The minimum Gasteiger partial charge on any atom is -0.493 e. The number of carbonyl (C=O) groups is 2. The maximum absolute atomic E-state index is 12.2. The van der Waals surface area contributed by atoms with Crippen molar-refractivity contribution in [3.05, 3.63) is 57.6 Å². The van der Waals surface area contributed by atoms with Crippen LogP contribution in [0.3, 0.4) is 0 Å². The fourth-order valence-electron chi connectivity index (χ4n) is 2.28. The van der Waals surface area contributed by atoms with Gasteiger partial charge in [0.1, 0.15) is 0 Å². The van der Waals surface area contributed by atoms with Crippen molar-refractivity contribution in [1.29, 1.82) is 0 Å². The first-order valence-electron chi connectivity index (χ1n) is 7.92. The number of esters is 1. The van der Waals surface area contributed by atoms with Gasteiger partial charge >= 0.3 is 5.97 Å². The summed E-state index contributed by atoms with van der Waals surface area (Å²) in [7, 11) is 4.57. The Morgan fingerprint density at radius 2 is 1.67 bits per heavy atom. The highest BCUT2D eigenvalue weighted by atomic mass is 35.5. The zero-order valence-corrected chi connectivity index (χ0v) is 16.6. The minimum absolute atomic E-state index is 0.257. The number of nitrogens with zero attached hydrogens (tertiary/aromatic N) is 1. The monoisotopic (exact) mass is 411 g/mol. The van der Waals surface area contributed by atoms with Crippen molar-refractivity contribution in [1.82, 2.24) is 4.90 Å². The maximum Gasteiger partial charge on any atom is 0.338 e. The predicted molar refractivity (Wildman–Crippen MR) is 103 cm³/mol. The molecule has 0 atom stereocenters. The number of likely N-dealkylation sites (N-methyl/N-ethyl adjacent to an activating group) is 1. The highest BCUT2D eigenvalue weighted by Crippen LogP contribution is 2.27. The van der Waals surface area contributed by atoms with Crippen molar-refractivity contribution in [2.75, 3.05) is 27.9 Å². The molecule has 1 amide bonds. The van der Waals surface area contributed by atoms with Crippen molar-refractivity contribution in [3.8, 4) is 11.5 Å². The molecule has 27 heavy (non-hydrogen) atoms. The Hall–Kier alpha value is -2.44. The normalized spacial score (nSPS) is 10.3. The number of benzene rings is 2. The molecular formula is C19H19Cl2NO5. The molecule has 2 aromatic rings. The van der Waals surface area contributed by atoms with E-state index in [-0.39, 0.29) is 18.1 Å². The van der Waals surface area contributed by atoms with E-state index in [1.54, 1.807) is 31.3 Å². The van der Waals surface area contributed by atoms with Crippen LogP contribution in [-0.2, 0) is 16.1 Å². The Kier molecular flexibility index (Phi) is 7.33. The van der Waals surface area contributed by atoms with Crippen molar-refractivity contribution in [3.63, 3.8) is 0 Å². The van der Waals surface area contributed by atoms with Gasteiger partial charge in [0.25, 0.3) is 5.91 Å². The molecule has 0 aliphatic carbocycles.